The maximum atomic E-state index is 12.0. The summed E-state index contributed by atoms with van der Waals surface area (Å²) < 4.78 is 18.6. The Labute approximate surface area is 131 Å². The van der Waals surface area contributed by atoms with Crippen LogP contribution in [0.1, 0.15) is 24.8 Å². The molecule has 3 rings (SSSR count). The monoisotopic (exact) mass is 298 g/mol. The van der Waals surface area contributed by atoms with Crippen LogP contribution in [0.25, 0.3) is 0 Å². The highest BCUT2D eigenvalue weighted by Crippen LogP contribution is 2.39. The van der Waals surface area contributed by atoms with E-state index in [0.717, 1.165) is 22.6 Å². The van der Waals surface area contributed by atoms with Gasteiger partial charge in [-0.3, -0.25) is 4.90 Å². The van der Waals surface area contributed by atoms with E-state index in [9.17, 15) is 4.79 Å². The van der Waals surface area contributed by atoms with Crippen molar-refractivity contribution in [1.82, 2.24) is 0 Å². The van der Waals surface area contributed by atoms with Gasteiger partial charge in [0.15, 0.2) is 0 Å². The number of hydrogen-bond acceptors (Lipinski definition) is 3. The summed E-state index contributed by atoms with van der Waals surface area (Å²) in [5, 5.41) is 0. The van der Waals surface area contributed by atoms with Gasteiger partial charge in [0.05, 0.1) is 19.9 Å². The number of nitrogens with zero attached hydrogens (tertiary/aromatic N) is 1. The second-order valence-corrected chi connectivity index (χ2v) is 5.13. The van der Waals surface area contributed by atoms with Crippen LogP contribution in [0, 0.1) is 0 Å². The van der Waals surface area contributed by atoms with Gasteiger partial charge < -0.3 is 9.47 Å². The van der Waals surface area contributed by atoms with Crippen LogP contribution >= 0.6 is 0 Å². The van der Waals surface area contributed by atoms with E-state index < -0.39 is 12.5 Å². The number of benzene rings is 2. The standard InChI is InChI=1S/C18H19NO3/c1-21-14-9-7-13(8-10-14)15-11-12-19(18(20)22-2)17-6-4-3-5-16(15)17/h3-10,15H,11-12H2,1-2H3/t15-/m0/s1/i11D/t11-,15-. The lowest BCUT2D eigenvalue weighted by molar-refractivity contribution is 0.178. The van der Waals surface area contributed by atoms with E-state index in [1.165, 1.54) is 12.0 Å². The normalized spacial score (nSPS) is 20.8. The summed E-state index contributed by atoms with van der Waals surface area (Å²) in [5.74, 6) is 0.702. The molecule has 4 heteroatoms. The lowest BCUT2D eigenvalue weighted by Gasteiger charge is -2.33. The smallest absolute Gasteiger partial charge is 0.414 e. The van der Waals surface area contributed by atoms with E-state index in [-0.39, 0.29) is 5.92 Å². The summed E-state index contributed by atoms with van der Waals surface area (Å²) in [7, 11) is 2.99. The fraction of sp³-hybridized carbons (Fsp3) is 0.278. The Morgan fingerprint density at radius 1 is 1.18 bits per heavy atom. The predicted octanol–water partition coefficient (Wildman–Crippen LogP) is 3.80. The topological polar surface area (TPSA) is 38.8 Å². The van der Waals surface area contributed by atoms with Crippen molar-refractivity contribution in [2.24, 2.45) is 0 Å². The Hall–Kier alpha value is -2.49. The number of hydrogen-bond donors (Lipinski definition) is 0. The molecule has 0 aromatic heterocycles. The summed E-state index contributed by atoms with van der Waals surface area (Å²) in [6.45, 7) is 0.306. The molecule has 4 nitrogen and oxygen atoms in total. The van der Waals surface area contributed by atoms with E-state index in [2.05, 4.69) is 0 Å². The zero-order chi connectivity index (χ0) is 16.4. The third-order valence-electron chi connectivity index (χ3n) is 3.96. The second-order valence-electron chi connectivity index (χ2n) is 5.13. The van der Waals surface area contributed by atoms with Crippen LogP contribution in [0.2, 0.25) is 0 Å². The first-order valence-electron chi connectivity index (χ1n) is 7.74. The van der Waals surface area contributed by atoms with Crippen LogP contribution in [-0.2, 0) is 4.74 Å². The van der Waals surface area contributed by atoms with Crippen molar-refractivity contribution in [3.63, 3.8) is 0 Å². The van der Waals surface area contributed by atoms with Gasteiger partial charge in [0.2, 0.25) is 0 Å². The molecule has 2 aromatic carbocycles. The van der Waals surface area contributed by atoms with Gasteiger partial charge in [-0.1, -0.05) is 30.3 Å². The highest BCUT2D eigenvalue weighted by atomic mass is 16.5. The van der Waals surface area contributed by atoms with Crippen LogP contribution in [-0.4, -0.2) is 26.9 Å². The van der Waals surface area contributed by atoms with E-state index in [4.69, 9.17) is 10.8 Å². The number of rotatable bonds is 2. The first-order valence-corrected chi connectivity index (χ1v) is 7.16. The molecule has 1 aliphatic rings. The van der Waals surface area contributed by atoms with Crippen molar-refractivity contribution in [2.45, 2.75) is 12.3 Å². The fourth-order valence-corrected chi connectivity index (χ4v) is 2.84. The summed E-state index contributed by atoms with van der Waals surface area (Å²) in [5.41, 5.74) is 2.82. The molecule has 1 amide bonds. The number of para-hydroxylation sites is 1. The molecule has 2 aromatic rings. The molecule has 0 spiro atoms. The number of amides is 1. The molecule has 114 valence electrons. The number of fused-ring (bicyclic) bond motifs is 1. The minimum absolute atomic E-state index is 0.0852. The average Bonchev–Trinajstić information content (AvgIpc) is 2.60. The van der Waals surface area contributed by atoms with Crippen LogP contribution in [0.4, 0.5) is 10.5 Å². The zero-order valence-corrected chi connectivity index (χ0v) is 12.7. The first-order chi connectivity index (χ1) is 11.2. The lowest BCUT2D eigenvalue weighted by atomic mass is 9.84. The minimum atomic E-state index is -0.461. The van der Waals surface area contributed by atoms with E-state index >= 15 is 0 Å². The number of carbonyl (C=O) groups is 1. The Bertz CT molecular complexity index is 702. The zero-order valence-electron chi connectivity index (χ0n) is 13.7. The molecule has 0 fully saturated rings. The van der Waals surface area contributed by atoms with Crippen LogP contribution < -0.4 is 9.64 Å². The number of anilines is 1. The van der Waals surface area contributed by atoms with Crippen molar-refractivity contribution >= 4 is 11.8 Å². The molecule has 1 aliphatic heterocycles. The van der Waals surface area contributed by atoms with Crippen molar-refractivity contribution in [3.05, 3.63) is 59.7 Å². The Balaban J connectivity index is 2.05. The maximum absolute atomic E-state index is 12.0. The summed E-state index contributed by atoms with van der Waals surface area (Å²) >= 11 is 0. The highest BCUT2D eigenvalue weighted by molar-refractivity contribution is 5.89. The number of methoxy groups -OCH3 is 2. The van der Waals surface area contributed by atoms with Gasteiger partial charge in [-0.05, 0) is 35.7 Å². The Morgan fingerprint density at radius 3 is 2.59 bits per heavy atom. The molecule has 0 aliphatic carbocycles. The van der Waals surface area contributed by atoms with Crippen LogP contribution in [0.5, 0.6) is 5.75 Å². The van der Waals surface area contributed by atoms with Gasteiger partial charge in [0, 0.05) is 13.8 Å². The van der Waals surface area contributed by atoms with Crippen molar-refractivity contribution < 1.29 is 15.6 Å². The average molecular weight is 298 g/mol. The van der Waals surface area contributed by atoms with Gasteiger partial charge in [0.25, 0.3) is 0 Å². The molecule has 22 heavy (non-hydrogen) atoms. The van der Waals surface area contributed by atoms with Gasteiger partial charge in [0.1, 0.15) is 5.75 Å². The maximum Gasteiger partial charge on any atom is 0.414 e. The van der Waals surface area contributed by atoms with E-state index in [1.807, 2.05) is 48.5 Å². The molecule has 0 N–H and O–H groups in total. The molecule has 0 saturated carbocycles. The summed E-state index contributed by atoms with van der Waals surface area (Å²) in [4.78, 5) is 13.5. The summed E-state index contributed by atoms with van der Waals surface area (Å²) in [6, 6.07) is 15.5. The Morgan fingerprint density at radius 2 is 1.91 bits per heavy atom. The minimum Gasteiger partial charge on any atom is -0.497 e. The van der Waals surface area contributed by atoms with Crippen molar-refractivity contribution in [2.75, 3.05) is 25.7 Å². The quantitative estimate of drug-likeness (QED) is 0.846. The van der Waals surface area contributed by atoms with Crippen molar-refractivity contribution in [3.8, 4) is 5.75 Å². The van der Waals surface area contributed by atoms with E-state index in [0.29, 0.717) is 6.54 Å². The first kappa shape index (κ1) is 13.2. The van der Waals surface area contributed by atoms with Gasteiger partial charge in [-0.15, -0.1) is 0 Å². The number of carbonyl (C=O) groups excluding carboxylic acids is 1. The predicted molar refractivity (Wildman–Crippen MR) is 85.6 cm³/mol. The van der Waals surface area contributed by atoms with Gasteiger partial charge in [-0.2, -0.15) is 0 Å². The molecule has 0 bridgehead atoms. The third kappa shape index (κ3) is 2.52. The molecule has 0 unspecified atom stereocenters. The van der Waals surface area contributed by atoms with E-state index in [1.54, 1.807) is 7.11 Å². The van der Waals surface area contributed by atoms with Gasteiger partial charge >= 0.3 is 6.09 Å². The summed E-state index contributed by atoms with van der Waals surface area (Å²) in [6.07, 6.45) is -0.889. The second kappa shape index (κ2) is 6.10. The molecular formula is C18H19NO3. The molecule has 0 radical (unpaired) electrons. The third-order valence-corrected chi connectivity index (χ3v) is 3.96. The fourth-order valence-electron chi connectivity index (χ4n) is 2.84. The highest BCUT2D eigenvalue weighted by Gasteiger charge is 2.29. The van der Waals surface area contributed by atoms with Gasteiger partial charge in [-0.25, -0.2) is 4.79 Å². The molecule has 1 heterocycles. The lowest BCUT2D eigenvalue weighted by Crippen LogP contribution is -2.36. The molecule has 0 saturated heterocycles. The van der Waals surface area contributed by atoms with Crippen LogP contribution in [0.15, 0.2) is 48.5 Å². The largest absolute Gasteiger partial charge is 0.497 e. The number of ether oxygens (including phenoxy) is 2. The molecule has 2 atom stereocenters. The van der Waals surface area contributed by atoms with Crippen LogP contribution in [0.3, 0.4) is 0 Å². The Kier molecular flexibility index (Phi) is 3.66. The SMILES string of the molecule is [2H][C@H]1CN(C(=O)OC)c2ccccc2[C@@H]1c1ccc(OC)cc1. The molecular weight excluding hydrogens is 278 g/mol. The van der Waals surface area contributed by atoms with Crippen molar-refractivity contribution in [1.29, 1.82) is 0 Å².